The third kappa shape index (κ3) is 4.39. The van der Waals surface area contributed by atoms with Crippen LogP contribution in [0, 0.1) is 25.2 Å². The SMILES string of the molecule is Cc1cc([C@@H](C)Nc2ccccc2C(=O)O)c2oc(C3=CC(C#N)=CI=C3)c(C)c(=O)c2c1. The predicted molar refractivity (Wildman–Crippen MR) is 139 cm³/mol. The number of hydrogen-bond donors (Lipinski definition) is 2. The van der Waals surface area contributed by atoms with E-state index in [0.29, 0.717) is 33.6 Å². The standard InChI is InChI=1S/C26H21IN2O4/c1-14-8-20(16(3)29-22-7-5-4-6-19(22)26(31)32)25-21(9-14)23(30)15(2)24(33-25)18-10-17(13-28)11-27-12-18/h4-12,16,29H,1-3H3,(H,31,32)/t16-/m1/s1. The quantitative estimate of drug-likeness (QED) is 0.385. The summed E-state index contributed by atoms with van der Waals surface area (Å²) in [5, 5.41) is 22.6. The summed E-state index contributed by atoms with van der Waals surface area (Å²) in [6.07, 6.45) is 1.75. The third-order valence-corrected chi connectivity index (χ3v) is 7.51. The van der Waals surface area contributed by atoms with Crippen LogP contribution < -0.4 is 10.7 Å². The van der Waals surface area contributed by atoms with Gasteiger partial charge in [0.1, 0.15) is 11.3 Å². The number of anilines is 1. The summed E-state index contributed by atoms with van der Waals surface area (Å²) in [5.41, 5.74) is 4.48. The highest BCUT2D eigenvalue weighted by molar-refractivity contribution is 14.2. The van der Waals surface area contributed by atoms with E-state index in [1.54, 1.807) is 37.3 Å². The van der Waals surface area contributed by atoms with Crippen LogP contribution in [0.5, 0.6) is 0 Å². The molecule has 0 saturated heterocycles. The van der Waals surface area contributed by atoms with Crippen LogP contribution in [0.25, 0.3) is 16.5 Å². The van der Waals surface area contributed by atoms with E-state index >= 15 is 0 Å². The number of rotatable bonds is 5. The van der Waals surface area contributed by atoms with Crippen LogP contribution in [0.3, 0.4) is 0 Å². The van der Waals surface area contributed by atoms with Crippen molar-refractivity contribution < 1.29 is 14.3 Å². The van der Waals surface area contributed by atoms with Crippen molar-refractivity contribution in [1.82, 2.24) is 0 Å². The molecule has 2 aromatic carbocycles. The van der Waals surface area contributed by atoms with Crippen LogP contribution in [0.1, 0.15) is 45.8 Å². The number of carbonyl (C=O) groups is 1. The number of fused-ring (bicyclic) bond motifs is 1. The van der Waals surface area contributed by atoms with Crippen LogP contribution in [-0.2, 0) is 0 Å². The molecule has 0 aliphatic carbocycles. The van der Waals surface area contributed by atoms with Crippen LogP contribution in [0.15, 0.2) is 61.3 Å². The summed E-state index contributed by atoms with van der Waals surface area (Å²) in [6.45, 7) is 5.56. The summed E-state index contributed by atoms with van der Waals surface area (Å²) < 4.78 is 10.3. The van der Waals surface area contributed by atoms with Gasteiger partial charge in [-0.1, -0.05) is 38.9 Å². The lowest BCUT2D eigenvalue weighted by Gasteiger charge is -2.20. The number of nitrogens with one attached hydrogen (secondary N) is 1. The van der Waals surface area contributed by atoms with Crippen molar-refractivity contribution in [3.63, 3.8) is 0 Å². The van der Waals surface area contributed by atoms with Crippen molar-refractivity contribution in [2.24, 2.45) is 0 Å². The number of para-hydroxylation sites is 1. The average molecular weight is 552 g/mol. The topological polar surface area (TPSA) is 103 Å². The molecule has 0 bridgehead atoms. The van der Waals surface area contributed by atoms with Gasteiger partial charge in [0.2, 0.25) is 0 Å². The predicted octanol–water partition coefficient (Wildman–Crippen LogP) is 5.86. The molecule has 1 aliphatic rings. The molecular formula is C26H21IN2O4. The van der Waals surface area contributed by atoms with Crippen LogP contribution >= 0.6 is 20.7 Å². The van der Waals surface area contributed by atoms with Crippen molar-refractivity contribution in [2.45, 2.75) is 26.8 Å². The van der Waals surface area contributed by atoms with E-state index in [9.17, 15) is 20.0 Å². The molecule has 0 spiro atoms. The molecule has 33 heavy (non-hydrogen) atoms. The zero-order chi connectivity index (χ0) is 23.7. The molecule has 6 nitrogen and oxygen atoms in total. The van der Waals surface area contributed by atoms with E-state index in [-0.39, 0.29) is 17.0 Å². The molecule has 2 N–H and O–H groups in total. The molecule has 7 heteroatoms. The minimum absolute atomic E-state index is 0.116. The van der Waals surface area contributed by atoms with Crippen LogP contribution in [0.2, 0.25) is 0 Å². The number of halogens is 1. The Morgan fingerprint density at radius 2 is 2.00 bits per heavy atom. The van der Waals surface area contributed by atoms with E-state index in [1.165, 1.54) is 0 Å². The maximum atomic E-state index is 13.3. The summed E-state index contributed by atoms with van der Waals surface area (Å²) >= 11 is -0.443. The Hall–Kier alpha value is -3.51. The number of nitrogens with zero attached hydrogens (tertiary/aromatic N) is 1. The van der Waals surface area contributed by atoms with Gasteiger partial charge in [-0.3, -0.25) is 4.79 Å². The molecular weight excluding hydrogens is 531 g/mol. The number of nitriles is 1. The van der Waals surface area contributed by atoms with E-state index in [1.807, 2.05) is 34.1 Å². The molecule has 1 atom stereocenters. The van der Waals surface area contributed by atoms with E-state index in [0.717, 1.165) is 16.7 Å². The lowest BCUT2D eigenvalue weighted by atomic mass is 9.98. The lowest BCUT2D eigenvalue weighted by molar-refractivity contribution is 0.0698. The second kappa shape index (κ2) is 9.16. The van der Waals surface area contributed by atoms with Crippen molar-refractivity contribution in [3.8, 4) is 6.07 Å². The first-order valence-electron chi connectivity index (χ1n) is 10.2. The van der Waals surface area contributed by atoms with Gasteiger partial charge in [0, 0.05) is 22.4 Å². The minimum Gasteiger partial charge on any atom is -0.478 e. The number of hydrogen-bond acceptors (Lipinski definition) is 5. The fraction of sp³-hybridized carbons (Fsp3) is 0.154. The van der Waals surface area contributed by atoms with Gasteiger partial charge in [0.25, 0.3) is 0 Å². The zero-order valence-corrected chi connectivity index (χ0v) is 20.4. The van der Waals surface area contributed by atoms with Gasteiger partial charge < -0.3 is 14.8 Å². The zero-order valence-electron chi connectivity index (χ0n) is 18.3. The molecule has 1 aliphatic heterocycles. The number of benzene rings is 2. The smallest absolute Gasteiger partial charge is 0.337 e. The number of carboxylic acid groups (broad SMARTS) is 1. The van der Waals surface area contributed by atoms with Gasteiger partial charge in [-0.15, -0.1) is 0 Å². The monoisotopic (exact) mass is 552 g/mol. The second-order valence-corrected chi connectivity index (χ2v) is 9.81. The largest absolute Gasteiger partial charge is 0.478 e. The molecule has 4 rings (SSSR count). The second-order valence-electron chi connectivity index (χ2n) is 7.84. The fourth-order valence-corrected chi connectivity index (χ4v) is 5.58. The van der Waals surface area contributed by atoms with E-state index in [2.05, 4.69) is 11.4 Å². The molecule has 166 valence electrons. The normalized spacial score (nSPS) is 14.0. The average Bonchev–Trinajstić information content (AvgIpc) is 2.81. The Balaban J connectivity index is 1.89. The minimum atomic E-state index is -1.02. The van der Waals surface area contributed by atoms with Gasteiger partial charge in [0.05, 0.1) is 28.6 Å². The highest BCUT2D eigenvalue weighted by atomic mass is 127. The molecule has 2 heterocycles. The van der Waals surface area contributed by atoms with E-state index in [4.69, 9.17) is 4.42 Å². The third-order valence-electron chi connectivity index (χ3n) is 5.45. The fourth-order valence-electron chi connectivity index (χ4n) is 3.84. The Kier molecular flexibility index (Phi) is 6.29. The number of carboxylic acids is 1. The van der Waals surface area contributed by atoms with Gasteiger partial charge >= 0.3 is 5.97 Å². The number of aryl methyl sites for hydroxylation is 1. The summed E-state index contributed by atoms with van der Waals surface area (Å²) in [6, 6.07) is 12.3. The van der Waals surface area contributed by atoms with Gasteiger partial charge in [0.15, 0.2) is 5.43 Å². The molecule has 0 radical (unpaired) electrons. The molecule has 0 unspecified atom stereocenters. The van der Waals surface area contributed by atoms with Crippen molar-refractivity contribution in [1.29, 1.82) is 5.26 Å². The highest BCUT2D eigenvalue weighted by Crippen LogP contribution is 2.32. The molecule has 0 amide bonds. The first-order chi connectivity index (χ1) is 15.8. The van der Waals surface area contributed by atoms with E-state index < -0.39 is 26.7 Å². The molecule has 1 aromatic heterocycles. The van der Waals surface area contributed by atoms with Gasteiger partial charge in [-0.25, -0.2) is 4.79 Å². The maximum Gasteiger partial charge on any atom is 0.337 e. The Morgan fingerprint density at radius 1 is 1.24 bits per heavy atom. The van der Waals surface area contributed by atoms with Crippen molar-refractivity contribution in [3.05, 3.63) is 90.4 Å². The Morgan fingerprint density at radius 3 is 2.73 bits per heavy atom. The first kappa shape index (κ1) is 22.7. The molecule has 0 saturated carbocycles. The maximum absolute atomic E-state index is 13.3. The first-order valence-corrected chi connectivity index (χ1v) is 12.7. The Labute approximate surface area is 200 Å². The lowest BCUT2D eigenvalue weighted by Crippen LogP contribution is -2.14. The molecule has 3 aromatic rings. The van der Waals surface area contributed by atoms with Gasteiger partial charge in [-0.05, 0) is 58.7 Å². The van der Waals surface area contributed by atoms with Gasteiger partial charge in [-0.2, -0.15) is 5.26 Å². The van der Waals surface area contributed by atoms with Crippen LogP contribution in [0.4, 0.5) is 5.69 Å². The van der Waals surface area contributed by atoms with Crippen molar-refractivity contribution >= 4 is 52.9 Å². The summed E-state index contributed by atoms with van der Waals surface area (Å²) in [4.78, 5) is 24.9. The van der Waals surface area contributed by atoms with Crippen molar-refractivity contribution in [2.75, 3.05) is 5.32 Å². The highest BCUT2D eigenvalue weighted by Gasteiger charge is 2.21. The molecule has 0 fully saturated rings. The Bertz CT molecular complexity index is 1490. The number of aromatic carboxylic acids is 1. The number of allylic oxidation sites excluding steroid dienone is 3. The summed E-state index contributed by atoms with van der Waals surface area (Å²) in [7, 11) is 0. The van der Waals surface area contributed by atoms with Crippen LogP contribution in [-0.4, -0.2) is 15.1 Å². The summed E-state index contributed by atoms with van der Waals surface area (Å²) in [5.74, 6) is -0.551.